The normalized spacial score (nSPS) is 11.1. The molecule has 6 nitrogen and oxygen atoms in total. The molecule has 0 aromatic heterocycles. The summed E-state index contributed by atoms with van der Waals surface area (Å²) in [4.78, 5) is 12.2. The fourth-order valence-corrected chi connectivity index (χ4v) is 3.72. The minimum absolute atomic E-state index is 0.268. The number of anilines is 1. The summed E-state index contributed by atoms with van der Waals surface area (Å²) in [7, 11) is -3.58. The second-order valence-electron chi connectivity index (χ2n) is 6.65. The minimum Gasteiger partial charge on any atom is -0.492 e. The SMILES string of the molecule is CCCc1ccc(OCCNC(=O)CN(c2ccccc2C)S(C)(=O)=O)cc1. The predicted octanol–water partition coefficient (Wildman–Crippen LogP) is 2.91. The van der Waals surface area contributed by atoms with E-state index >= 15 is 0 Å². The molecule has 0 saturated heterocycles. The Bertz CT molecular complexity index is 880. The lowest BCUT2D eigenvalue weighted by Gasteiger charge is -2.23. The number of amides is 1. The van der Waals surface area contributed by atoms with Crippen LogP contribution in [0.2, 0.25) is 0 Å². The molecule has 0 aliphatic heterocycles. The quantitative estimate of drug-likeness (QED) is 0.618. The first-order chi connectivity index (χ1) is 13.3. The van der Waals surface area contributed by atoms with Crippen LogP contribution in [-0.4, -0.2) is 40.3 Å². The Morgan fingerprint density at radius 3 is 2.39 bits per heavy atom. The number of hydrogen-bond donors (Lipinski definition) is 1. The van der Waals surface area contributed by atoms with Crippen molar-refractivity contribution in [2.24, 2.45) is 0 Å². The van der Waals surface area contributed by atoms with E-state index in [2.05, 4.69) is 12.2 Å². The van der Waals surface area contributed by atoms with Crippen LogP contribution in [0.1, 0.15) is 24.5 Å². The Labute approximate surface area is 167 Å². The van der Waals surface area contributed by atoms with Gasteiger partial charge in [0.15, 0.2) is 0 Å². The van der Waals surface area contributed by atoms with Crippen molar-refractivity contribution < 1.29 is 17.9 Å². The third-order valence-electron chi connectivity index (χ3n) is 4.23. The van der Waals surface area contributed by atoms with E-state index in [4.69, 9.17) is 4.74 Å². The lowest BCUT2D eigenvalue weighted by Crippen LogP contribution is -2.41. The van der Waals surface area contributed by atoms with E-state index in [0.29, 0.717) is 18.8 Å². The Morgan fingerprint density at radius 1 is 1.11 bits per heavy atom. The number of aryl methyl sites for hydroxylation is 2. The van der Waals surface area contributed by atoms with Gasteiger partial charge in [0.2, 0.25) is 15.9 Å². The summed E-state index contributed by atoms with van der Waals surface area (Å²) in [5.74, 6) is 0.363. The smallest absolute Gasteiger partial charge is 0.240 e. The van der Waals surface area contributed by atoms with E-state index in [1.54, 1.807) is 12.1 Å². The van der Waals surface area contributed by atoms with Crippen LogP contribution in [0.25, 0.3) is 0 Å². The predicted molar refractivity (Wildman–Crippen MR) is 112 cm³/mol. The topological polar surface area (TPSA) is 75.7 Å². The monoisotopic (exact) mass is 404 g/mol. The van der Waals surface area contributed by atoms with Gasteiger partial charge in [-0.25, -0.2) is 8.42 Å². The molecule has 152 valence electrons. The van der Waals surface area contributed by atoms with Gasteiger partial charge in [0, 0.05) is 0 Å². The summed E-state index contributed by atoms with van der Waals surface area (Å²) in [6.07, 6.45) is 3.23. The average Bonchev–Trinajstić information content (AvgIpc) is 2.65. The van der Waals surface area contributed by atoms with Gasteiger partial charge >= 0.3 is 0 Å². The van der Waals surface area contributed by atoms with Crippen molar-refractivity contribution in [3.05, 3.63) is 59.7 Å². The molecule has 0 atom stereocenters. The van der Waals surface area contributed by atoms with Crippen LogP contribution in [0.3, 0.4) is 0 Å². The van der Waals surface area contributed by atoms with Gasteiger partial charge in [-0.2, -0.15) is 0 Å². The molecule has 0 spiro atoms. The second kappa shape index (κ2) is 10.1. The number of ether oxygens (including phenoxy) is 1. The molecule has 0 bridgehead atoms. The van der Waals surface area contributed by atoms with Gasteiger partial charge in [0.05, 0.1) is 18.5 Å². The zero-order valence-corrected chi connectivity index (χ0v) is 17.5. The van der Waals surface area contributed by atoms with Crippen LogP contribution in [0.15, 0.2) is 48.5 Å². The van der Waals surface area contributed by atoms with E-state index in [1.165, 1.54) is 5.56 Å². The fourth-order valence-electron chi connectivity index (χ4n) is 2.81. The molecule has 1 N–H and O–H groups in total. The van der Waals surface area contributed by atoms with Gasteiger partial charge in [-0.05, 0) is 42.7 Å². The standard InChI is InChI=1S/C21H28N2O4S/c1-4-7-18-10-12-19(13-11-18)27-15-14-22-21(24)16-23(28(3,25)26)20-9-6-5-8-17(20)2/h5-6,8-13H,4,7,14-16H2,1-3H3,(H,22,24). The van der Waals surface area contributed by atoms with Crippen LogP contribution in [-0.2, 0) is 21.2 Å². The summed E-state index contributed by atoms with van der Waals surface area (Å²) in [6, 6.07) is 15.0. The van der Waals surface area contributed by atoms with Gasteiger partial charge in [-0.3, -0.25) is 9.10 Å². The molecule has 0 unspecified atom stereocenters. The second-order valence-corrected chi connectivity index (χ2v) is 8.56. The molecule has 2 aromatic carbocycles. The molecule has 0 heterocycles. The number of para-hydroxylation sites is 1. The van der Waals surface area contributed by atoms with Gasteiger partial charge in [-0.15, -0.1) is 0 Å². The largest absolute Gasteiger partial charge is 0.492 e. The zero-order chi connectivity index (χ0) is 20.6. The highest BCUT2D eigenvalue weighted by molar-refractivity contribution is 7.92. The Morgan fingerprint density at radius 2 is 1.79 bits per heavy atom. The molecule has 7 heteroatoms. The van der Waals surface area contributed by atoms with E-state index in [-0.39, 0.29) is 12.5 Å². The first kappa shape index (κ1) is 21.8. The number of hydrogen-bond acceptors (Lipinski definition) is 4. The van der Waals surface area contributed by atoms with Crippen LogP contribution in [0.4, 0.5) is 5.69 Å². The summed E-state index contributed by atoms with van der Waals surface area (Å²) in [5, 5.41) is 2.71. The maximum atomic E-state index is 12.2. The highest BCUT2D eigenvalue weighted by Crippen LogP contribution is 2.21. The molecule has 28 heavy (non-hydrogen) atoms. The van der Waals surface area contributed by atoms with Crippen LogP contribution in [0.5, 0.6) is 5.75 Å². The molecule has 0 fully saturated rings. The fraction of sp³-hybridized carbons (Fsp3) is 0.381. The molecule has 2 aromatic rings. The first-order valence-electron chi connectivity index (χ1n) is 9.33. The van der Waals surface area contributed by atoms with E-state index < -0.39 is 10.0 Å². The maximum absolute atomic E-state index is 12.2. The number of sulfonamides is 1. The number of carbonyl (C=O) groups excluding carboxylic acids is 1. The average molecular weight is 405 g/mol. The highest BCUT2D eigenvalue weighted by atomic mass is 32.2. The van der Waals surface area contributed by atoms with E-state index in [0.717, 1.165) is 34.7 Å². The molecule has 1 amide bonds. The Kier molecular flexibility index (Phi) is 7.87. The summed E-state index contributed by atoms with van der Waals surface area (Å²) < 4.78 is 31.0. The number of benzene rings is 2. The number of nitrogens with zero attached hydrogens (tertiary/aromatic N) is 1. The first-order valence-corrected chi connectivity index (χ1v) is 11.2. The highest BCUT2D eigenvalue weighted by Gasteiger charge is 2.21. The van der Waals surface area contributed by atoms with E-state index in [9.17, 15) is 13.2 Å². The molecule has 2 rings (SSSR count). The Hall–Kier alpha value is -2.54. The minimum atomic E-state index is -3.58. The van der Waals surface area contributed by atoms with Crippen LogP contribution in [0, 0.1) is 6.92 Å². The lowest BCUT2D eigenvalue weighted by molar-refractivity contribution is -0.119. The number of nitrogens with one attached hydrogen (secondary N) is 1. The van der Waals surface area contributed by atoms with Crippen molar-refractivity contribution in [2.45, 2.75) is 26.7 Å². The summed E-state index contributed by atoms with van der Waals surface area (Å²) >= 11 is 0. The molecule has 0 aliphatic carbocycles. The van der Waals surface area contributed by atoms with Crippen molar-refractivity contribution in [2.75, 3.05) is 30.3 Å². The summed E-state index contributed by atoms with van der Waals surface area (Å²) in [5.41, 5.74) is 2.55. The van der Waals surface area contributed by atoms with Gasteiger partial charge < -0.3 is 10.1 Å². The molecular weight excluding hydrogens is 376 g/mol. The number of rotatable bonds is 10. The zero-order valence-electron chi connectivity index (χ0n) is 16.6. The van der Waals surface area contributed by atoms with Crippen molar-refractivity contribution >= 4 is 21.6 Å². The van der Waals surface area contributed by atoms with Crippen molar-refractivity contribution in [1.82, 2.24) is 5.32 Å². The third kappa shape index (κ3) is 6.56. The van der Waals surface area contributed by atoms with Gasteiger partial charge in [0.25, 0.3) is 0 Å². The third-order valence-corrected chi connectivity index (χ3v) is 5.35. The van der Waals surface area contributed by atoms with E-state index in [1.807, 2.05) is 43.3 Å². The van der Waals surface area contributed by atoms with Crippen LogP contribution < -0.4 is 14.4 Å². The summed E-state index contributed by atoms with van der Waals surface area (Å²) in [6.45, 7) is 4.28. The molecular formula is C21H28N2O4S. The molecule has 0 aliphatic rings. The van der Waals surface area contributed by atoms with Crippen LogP contribution >= 0.6 is 0 Å². The van der Waals surface area contributed by atoms with Gasteiger partial charge in [0.1, 0.15) is 18.9 Å². The van der Waals surface area contributed by atoms with Crippen molar-refractivity contribution in [3.63, 3.8) is 0 Å². The van der Waals surface area contributed by atoms with Gasteiger partial charge in [-0.1, -0.05) is 43.7 Å². The van der Waals surface area contributed by atoms with Crippen molar-refractivity contribution in [3.8, 4) is 5.75 Å². The Balaban J connectivity index is 1.85. The van der Waals surface area contributed by atoms with Crippen molar-refractivity contribution in [1.29, 1.82) is 0 Å². The molecule has 0 saturated carbocycles. The number of carbonyl (C=O) groups is 1. The molecule has 0 radical (unpaired) electrons. The lowest BCUT2D eigenvalue weighted by atomic mass is 10.1. The maximum Gasteiger partial charge on any atom is 0.240 e.